The summed E-state index contributed by atoms with van der Waals surface area (Å²) in [5.74, 6) is -6.92. The average molecular weight is 1380 g/mol. The summed E-state index contributed by atoms with van der Waals surface area (Å²) in [6, 6.07) is 10.8. The molecule has 6 aromatic rings. The van der Waals surface area contributed by atoms with E-state index >= 15 is 0 Å². The van der Waals surface area contributed by atoms with Crippen molar-refractivity contribution in [1.29, 1.82) is 0 Å². The molecule has 4 aromatic heterocycles. The Balaban J connectivity index is 0.838. The van der Waals surface area contributed by atoms with Gasteiger partial charge >= 0.3 is 22.3 Å². The number of aliphatic carboxylic acids is 2. The number of nitrogens with zero attached hydrogens (tertiary/aromatic N) is 10. The van der Waals surface area contributed by atoms with Gasteiger partial charge in [0.15, 0.2) is 35.8 Å². The number of nitrogen functional groups attached to an aromatic ring is 2. The fourth-order valence-electron chi connectivity index (χ4n) is 9.71. The molecule has 0 unspecified atom stereocenters. The summed E-state index contributed by atoms with van der Waals surface area (Å²) >= 11 is 1.82. The van der Waals surface area contributed by atoms with Crippen molar-refractivity contribution in [3.63, 3.8) is 0 Å². The number of aryl methyl sites for hydroxylation is 4. The van der Waals surface area contributed by atoms with Gasteiger partial charge in [0, 0.05) is 10.8 Å². The Labute approximate surface area is 553 Å². The van der Waals surface area contributed by atoms with Gasteiger partial charge in [0.2, 0.25) is 12.4 Å². The second-order valence-corrected chi connectivity index (χ2v) is 25.8. The van der Waals surface area contributed by atoms with Crippen LogP contribution in [0, 0.1) is 0 Å². The maximum Gasteiger partial charge on any atom is 0.442 e. The summed E-state index contributed by atoms with van der Waals surface area (Å²) in [4.78, 5) is 98.8. The zero-order valence-corrected chi connectivity index (χ0v) is 55.4. The Bertz CT molecular complexity index is 3630. The van der Waals surface area contributed by atoms with Gasteiger partial charge in [-0.25, -0.2) is 19.6 Å². The number of carboxylic acids is 2. The molecule has 0 spiro atoms. The predicted molar refractivity (Wildman–Crippen MR) is 343 cm³/mol. The van der Waals surface area contributed by atoms with Crippen LogP contribution in [0.15, 0.2) is 94.4 Å². The Hall–Kier alpha value is -9.21. The van der Waals surface area contributed by atoms with E-state index in [0.717, 1.165) is 110 Å². The zero-order valence-electron chi connectivity index (χ0n) is 52.9. The maximum absolute atomic E-state index is 13.9. The van der Waals surface area contributed by atoms with Crippen molar-refractivity contribution in [1.82, 2.24) is 50.7 Å². The number of oxime groups is 2. The van der Waals surface area contributed by atoms with E-state index in [-0.39, 0.29) is 21.7 Å². The molecule has 37 heteroatoms. The first-order valence-corrected chi connectivity index (χ1v) is 33.0. The van der Waals surface area contributed by atoms with Crippen molar-refractivity contribution in [2.75, 3.05) is 63.9 Å². The molecule has 0 saturated carbocycles. The van der Waals surface area contributed by atoms with E-state index in [4.69, 9.17) is 50.7 Å². The molecule has 512 valence electrons. The lowest BCUT2D eigenvalue weighted by Crippen LogP contribution is -2.78. The van der Waals surface area contributed by atoms with Crippen LogP contribution in [0.25, 0.3) is 22.3 Å². The van der Waals surface area contributed by atoms with Gasteiger partial charge in [-0.05, 0) is 128 Å². The molecule has 4 atom stereocenters. The summed E-state index contributed by atoms with van der Waals surface area (Å²) < 4.78 is 56.7. The number of thiazole rings is 2. The van der Waals surface area contributed by atoms with Gasteiger partial charge in [-0.1, -0.05) is 34.6 Å². The minimum atomic E-state index is -5.37. The third-order valence-corrected chi connectivity index (χ3v) is 17.1. The largest absolute Gasteiger partial charge is 0.489 e. The average Bonchev–Trinajstić information content (AvgIpc) is 1.33. The lowest BCUT2D eigenvalue weighted by Gasteiger charge is -2.52. The van der Waals surface area contributed by atoms with E-state index in [0.29, 0.717) is 34.7 Å². The van der Waals surface area contributed by atoms with Gasteiger partial charge in [0.05, 0.1) is 47.7 Å². The Morgan fingerprint density at radius 3 is 1.32 bits per heavy atom. The Morgan fingerprint density at radius 1 is 0.621 bits per heavy atom. The van der Waals surface area contributed by atoms with Gasteiger partial charge in [0.25, 0.3) is 35.8 Å². The standard InChI is InChI=1S/C58H76N18O16S3/c1-57(2)47(67-49(77)45(41-33-93-55(61)65-41)69-89-43(53(81)82)31-87-39-15-11-35(12-16-39)37-27-71(5)73(29-37)25-9-23-63-21-7-19-59)51(79)75(57)91-95(85,86)92-76-52(80)48(58(76,3)4)68-50(78)46(42-34-94-56(62)66-42)70-90-44(54(83)84)32-88-40-17-13-36(14-18-40)38-28-72(6)74(30-38)26-10-24-64-22-8-20-60/h11-18,27-30,33-34,43-44,47-48,63-64H,7-10,19-26,31-32,59-60H2,1-6H3,(H6-2,61,62,65,66,67,68,77,78,81,82,83,84)/p+2/b69-45+,70-46+/t43-,44-,47+,48+/m0/s1. The van der Waals surface area contributed by atoms with Crippen molar-refractivity contribution in [2.45, 2.75) is 102 Å². The molecule has 0 bridgehead atoms. The van der Waals surface area contributed by atoms with Crippen LogP contribution in [0.5, 0.6) is 11.5 Å². The third-order valence-electron chi connectivity index (χ3n) is 15.1. The molecule has 14 N–H and O–H groups in total. The van der Waals surface area contributed by atoms with Gasteiger partial charge in [-0.3, -0.25) is 19.2 Å². The molecule has 2 aromatic carbocycles. The van der Waals surface area contributed by atoms with Crippen molar-refractivity contribution >= 4 is 90.3 Å². The van der Waals surface area contributed by atoms with E-state index in [1.807, 2.05) is 48.2 Å². The summed E-state index contributed by atoms with van der Waals surface area (Å²) in [6.07, 6.45) is 8.08. The summed E-state index contributed by atoms with van der Waals surface area (Å²) in [6.45, 7) is 10.4. The van der Waals surface area contributed by atoms with E-state index < -0.39 is 106 Å². The fraction of sp³-hybridized carbons (Fsp3) is 0.448. The van der Waals surface area contributed by atoms with Gasteiger partial charge in [-0.2, -0.15) is 27.9 Å². The van der Waals surface area contributed by atoms with Gasteiger partial charge < -0.3 is 73.6 Å². The number of rotatable bonds is 38. The number of carbonyl (C=O) groups is 6. The topological polar surface area (TPSA) is 459 Å². The minimum Gasteiger partial charge on any atom is -0.489 e. The number of carbonyl (C=O) groups excluding carboxylic acids is 4. The van der Waals surface area contributed by atoms with E-state index in [1.54, 1.807) is 48.5 Å². The van der Waals surface area contributed by atoms with Crippen molar-refractivity contribution in [3.8, 4) is 33.8 Å². The third kappa shape index (κ3) is 18.2. The van der Waals surface area contributed by atoms with E-state index in [1.165, 1.54) is 38.5 Å². The fourth-order valence-corrected chi connectivity index (χ4v) is 11.7. The first kappa shape index (κ1) is 71.6. The van der Waals surface area contributed by atoms with E-state index in [9.17, 15) is 47.4 Å². The second-order valence-electron chi connectivity index (χ2n) is 22.9. The number of hydrogen-bond acceptors (Lipinski definition) is 26. The molecule has 2 aliphatic heterocycles. The molecule has 2 aliphatic rings. The maximum atomic E-state index is 13.9. The van der Waals surface area contributed by atoms with Crippen LogP contribution < -0.4 is 63.0 Å². The number of anilines is 2. The smallest absolute Gasteiger partial charge is 0.442 e. The molecule has 2 fully saturated rings. The Morgan fingerprint density at radius 2 is 0.989 bits per heavy atom. The minimum absolute atomic E-state index is 0.00947. The molecular weight excluding hydrogens is 1300 g/mol. The molecule has 34 nitrogen and oxygen atoms in total. The normalized spacial score (nSPS) is 16.8. The SMILES string of the molecule is C[n+]1cc(-c2ccc(OC[C@H](O/N=C(/C(=O)N[C@@H]3C(=O)N(OS(=O)(=O)ON4C(=O)[C@@H](NC(=O)/C(=N/O[C@@H](COc5ccc(-c6cn(CCCNCCCN)[n+](C)c6)cc5)C(=O)O)c5csc(N)n5)C4(C)C)C3(C)C)c3csc(N)n3)C(=O)O)cc2)cn1CCCNCCCN. The van der Waals surface area contributed by atoms with Crippen LogP contribution in [0.4, 0.5) is 10.3 Å². The highest BCUT2D eigenvalue weighted by atomic mass is 32.3. The zero-order chi connectivity index (χ0) is 68.8. The van der Waals surface area contributed by atoms with E-state index in [2.05, 4.69) is 50.9 Å². The highest BCUT2D eigenvalue weighted by molar-refractivity contribution is 7.81. The highest BCUT2D eigenvalue weighted by Gasteiger charge is 2.61. The van der Waals surface area contributed by atoms with Crippen LogP contribution in [0.1, 0.15) is 64.8 Å². The number of nitrogens with two attached hydrogens (primary N) is 4. The van der Waals surface area contributed by atoms with Gasteiger partial charge in [0.1, 0.15) is 48.2 Å². The summed E-state index contributed by atoms with van der Waals surface area (Å²) in [5, 5.41) is 42.7. The lowest BCUT2D eigenvalue weighted by atomic mass is 9.84. The number of nitrogens with one attached hydrogen (secondary N) is 4. The number of β-lactam (4-membered cyclic amide) rings is 2. The van der Waals surface area contributed by atoms with Crippen LogP contribution in [0.3, 0.4) is 0 Å². The molecule has 6 heterocycles. The number of ether oxygens (including phenoxy) is 2. The molecule has 0 aliphatic carbocycles. The van der Waals surface area contributed by atoms with Crippen molar-refractivity contribution in [3.05, 3.63) is 95.5 Å². The molecule has 4 amide bonds. The highest BCUT2D eigenvalue weighted by Crippen LogP contribution is 2.37. The Kier molecular flexibility index (Phi) is 24.0. The first-order valence-electron chi connectivity index (χ1n) is 29.9. The summed E-state index contributed by atoms with van der Waals surface area (Å²) in [7, 11) is -1.49. The number of amides is 4. The predicted octanol–water partition coefficient (Wildman–Crippen LogP) is -0.468. The van der Waals surface area contributed by atoms with Gasteiger partial charge in [-0.15, -0.1) is 40.6 Å². The number of benzene rings is 2. The first-order chi connectivity index (χ1) is 45.2. The second kappa shape index (κ2) is 31.8. The van der Waals surface area contributed by atoms with Crippen molar-refractivity contribution < 1.29 is 84.5 Å². The quantitative estimate of drug-likeness (QED) is 0.00770. The number of hydrogen-bond donors (Lipinski definition) is 10. The lowest BCUT2D eigenvalue weighted by molar-refractivity contribution is -0.753. The molecule has 2 saturated heterocycles. The molecule has 95 heavy (non-hydrogen) atoms. The van der Waals surface area contributed by atoms with Crippen LogP contribution in [-0.2, 0) is 84.6 Å². The van der Waals surface area contributed by atoms with Crippen LogP contribution >= 0.6 is 22.7 Å². The molecule has 8 rings (SSSR count). The molecule has 0 radical (unpaired) electrons. The molecular formula is C58H78N18O16S3+2. The monoisotopic (exact) mass is 1380 g/mol. The number of hydroxylamine groups is 4. The number of aromatic nitrogens is 6. The summed E-state index contributed by atoms with van der Waals surface area (Å²) in [5.41, 5.74) is 21.6. The number of carboxylic acid groups (broad SMARTS) is 2. The van der Waals surface area contributed by atoms with Crippen molar-refractivity contribution in [2.24, 2.45) is 35.9 Å². The van der Waals surface area contributed by atoms with Crippen LogP contribution in [0.2, 0.25) is 0 Å². The van der Waals surface area contributed by atoms with Crippen LogP contribution in [-0.4, -0.2) is 183 Å².